The Hall–Kier alpha value is -2.59. The number of nitrogens with zero attached hydrogens (tertiary/aromatic N) is 3. The molecule has 10 nitrogen and oxygen atoms in total. The average Bonchev–Trinajstić information content (AvgIpc) is 3.29. The summed E-state index contributed by atoms with van der Waals surface area (Å²) in [5.41, 5.74) is 0.550. The highest BCUT2D eigenvalue weighted by atomic mass is 35.5. The van der Waals surface area contributed by atoms with E-state index in [1.807, 2.05) is 6.92 Å². The number of carbonyl (C=O) groups is 2. The predicted molar refractivity (Wildman–Crippen MR) is 95.3 cm³/mol. The molecule has 27 heavy (non-hydrogen) atoms. The number of piperidine rings is 1. The molecule has 1 aliphatic rings. The van der Waals surface area contributed by atoms with Crippen molar-refractivity contribution in [3.8, 4) is 0 Å². The number of carbonyl (C=O) groups excluding carboxylic acids is 1. The van der Waals surface area contributed by atoms with Crippen molar-refractivity contribution in [3.05, 3.63) is 28.6 Å². The van der Waals surface area contributed by atoms with Crippen molar-refractivity contribution < 1.29 is 23.8 Å². The van der Waals surface area contributed by atoms with E-state index in [1.54, 1.807) is 12.0 Å². The summed E-state index contributed by atoms with van der Waals surface area (Å²) >= 11 is 5.99. The minimum Gasteiger partial charge on any atom is -0.476 e. The van der Waals surface area contributed by atoms with E-state index in [2.05, 4.69) is 20.3 Å². The fraction of sp³-hybridized carbons (Fsp3) is 0.500. The SMILES string of the molecule is CCc1[nH]c(C(=O)N[C@H]2CCN(c3nc(C(=O)O)co3)C[C@H]2OC)nc1Cl. The molecule has 1 fully saturated rings. The molecule has 0 spiro atoms. The minimum absolute atomic E-state index is 0.157. The number of carboxylic acids is 1. The zero-order valence-electron chi connectivity index (χ0n) is 14.9. The fourth-order valence-electron chi connectivity index (χ4n) is 2.97. The largest absolute Gasteiger partial charge is 0.476 e. The van der Waals surface area contributed by atoms with Gasteiger partial charge in [-0.3, -0.25) is 4.79 Å². The number of halogens is 1. The van der Waals surface area contributed by atoms with Gasteiger partial charge in [0.05, 0.1) is 24.4 Å². The third kappa shape index (κ3) is 4.06. The quantitative estimate of drug-likeness (QED) is 0.664. The van der Waals surface area contributed by atoms with E-state index >= 15 is 0 Å². The van der Waals surface area contributed by atoms with Crippen LogP contribution < -0.4 is 10.2 Å². The molecule has 3 rings (SSSR count). The maximum atomic E-state index is 12.5. The molecule has 1 aliphatic heterocycles. The van der Waals surface area contributed by atoms with Crippen LogP contribution in [0.1, 0.15) is 40.1 Å². The van der Waals surface area contributed by atoms with Crippen LogP contribution in [0.4, 0.5) is 6.01 Å². The zero-order chi connectivity index (χ0) is 19.6. The van der Waals surface area contributed by atoms with Crippen molar-refractivity contribution in [2.75, 3.05) is 25.1 Å². The topological polar surface area (TPSA) is 134 Å². The van der Waals surface area contributed by atoms with E-state index in [1.165, 1.54) is 0 Å². The molecule has 0 aromatic carbocycles. The molecule has 0 aliphatic carbocycles. The van der Waals surface area contributed by atoms with Crippen LogP contribution in [0.2, 0.25) is 5.15 Å². The first-order valence-electron chi connectivity index (χ1n) is 8.44. The number of hydrogen-bond donors (Lipinski definition) is 3. The van der Waals surface area contributed by atoms with Crippen LogP contribution >= 0.6 is 11.6 Å². The van der Waals surface area contributed by atoms with Crippen LogP contribution in [-0.2, 0) is 11.2 Å². The van der Waals surface area contributed by atoms with E-state index in [-0.39, 0.29) is 35.6 Å². The highest BCUT2D eigenvalue weighted by Gasteiger charge is 2.33. The number of amides is 1. The molecule has 2 aromatic heterocycles. The van der Waals surface area contributed by atoms with E-state index in [0.29, 0.717) is 36.8 Å². The third-order valence-corrected chi connectivity index (χ3v) is 4.77. The Kier molecular flexibility index (Phi) is 5.66. The maximum Gasteiger partial charge on any atom is 0.357 e. The molecule has 0 saturated carbocycles. The van der Waals surface area contributed by atoms with Crippen LogP contribution in [0.25, 0.3) is 0 Å². The van der Waals surface area contributed by atoms with Gasteiger partial charge >= 0.3 is 5.97 Å². The molecule has 1 saturated heterocycles. The monoisotopic (exact) mass is 397 g/mol. The Morgan fingerprint density at radius 3 is 2.89 bits per heavy atom. The van der Waals surface area contributed by atoms with Gasteiger partial charge in [-0.25, -0.2) is 9.78 Å². The van der Waals surface area contributed by atoms with Gasteiger partial charge in [-0.2, -0.15) is 4.98 Å². The fourth-order valence-corrected chi connectivity index (χ4v) is 3.23. The van der Waals surface area contributed by atoms with Gasteiger partial charge in [0.25, 0.3) is 11.9 Å². The minimum atomic E-state index is -1.15. The summed E-state index contributed by atoms with van der Waals surface area (Å²) in [6.07, 6.45) is 1.97. The normalized spacial score (nSPS) is 19.9. The molecule has 146 valence electrons. The van der Waals surface area contributed by atoms with Gasteiger partial charge in [-0.15, -0.1) is 0 Å². The molecule has 3 heterocycles. The Labute approximate surface area is 159 Å². The Morgan fingerprint density at radius 1 is 1.52 bits per heavy atom. The zero-order valence-corrected chi connectivity index (χ0v) is 15.6. The van der Waals surface area contributed by atoms with E-state index in [0.717, 1.165) is 6.26 Å². The predicted octanol–water partition coefficient (Wildman–Crippen LogP) is 1.34. The summed E-state index contributed by atoms with van der Waals surface area (Å²) in [7, 11) is 1.55. The number of ether oxygens (including phenoxy) is 1. The molecule has 0 bridgehead atoms. The van der Waals surface area contributed by atoms with Crippen molar-refractivity contribution >= 4 is 29.5 Å². The smallest absolute Gasteiger partial charge is 0.357 e. The summed E-state index contributed by atoms with van der Waals surface area (Å²) in [4.78, 5) is 36.1. The summed E-state index contributed by atoms with van der Waals surface area (Å²) in [5.74, 6) is -1.35. The number of aromatic amines is 1. The second-order valence-corrected chi connectivity index (χ2v) is 6.48. The van der Waals surface area contributed by atoms with Gasteiger partial charge in [-0.1, -0.05) is 18.5 Å². The van der Waals surface area contributed by atoms with Crippen molar-refractivity contribution in [1.82, 2.24) is 20.3 Å². The average molecular weight is 398 g/mol. The lowest BCUT2D eigenvalue weighted by Crippen LogP contribution is -2.55. The number of aromatic carboxylic acids is 1. The van der Waals surface area contributed by atoms with Crippen molar-refractivity contribution in [2.45, 2.75) is 31.9 Å². The lowest BCUT2D eigenvalue weighted by molar-refractivity contribution is 0.0529. The Balaban J connectivity index is 1.65. The molecule has 2 aromatic rings. The number of H-pyrrole nitrogens is 1. The highest BCUT2D eigenvalue weighted by Crippen LogP contribution is 2.22. The lowest BCUT2D eigenvalue weighted by atomic mass is 10.0. The van der Waals surface area contributed by atoms with Crippen LogP contribution in [0.5, 0.6) is 0 Å². The van der Waals surface area contributed by atoms with Gasteiger partial charge in [0.15, 0.2) is 16.7 Å². The molecule has 0 radical (unpaired) electrons. The number of carboxylic acid groups (broad SMARTS) is 1. The second kappa shape index (κ2) is 7.97. The molecule has 1 amide bonds. The van der Waals surface area contributed by atoms with Crippen LogP contribution in [0, 0.1) is 0 Å². The first-order valence-corrected chi connectivity index (χ1v) is 8.82. The second-order valence-electron chi connectivity index (χ2n) is 6.12. The van der Waals surface area contributed by atoms with Crippen molar-refractivity contribution in [1.29, 1.82) is 0 Å². The molecular weight excluding hydrogens is 378 g/mol. The highest BCUT2D eigenvalue weighted by molar-refractivity contribution is 6.30. The number of anilines is 1. The first kappa shape index (κ1) is 19.2. The molecule has 0 unspecified atom stereocenters. The number of hydrogen-bond acceptors (Lipinski definition) is 7. The van der Waals surface area contributed by atoms with Gasteiger partial charge in [-0.05, 0) is 12.8 Å². The van der Waals surface area contributed by atoms with Crippen molar-refractivity contribution in [2.24, 2.45) is 0 Å². The first-order chi connectivity index (χ1) is 12.9. The summed E-state index contributed by atoms with van der Waals surface area (Å²) in [6, 6.07) is -0.0359. The number of oxazole rings is 1. The van der Waals surface area contributed by atoms with E-state index in [9.17, 15) is 9.59 Å². The van der Waals surface area contributed by atoms with Crippen LogP contribution in [-0.4, -0.2) is 64.3 Å². The Morgan fingerprint density at radius 2 is 2.30 bits per heavy atom. The molecular formula is C16H20ClN5O5. The Bertz CT molecular complexity index is 835. The summed E-state index contributed by atoms with van der Waals surface area (Å²) in [6.45, 7) is 2.82. The van der Waals surface area contributed by atoms with E-state index < -0.39 is 5.97 Å². The third-order valence-electron chi connectivity index (χ3n) is 4.46. The number of aromatic nitrogens is 3. The number of imidazole rings is 1. The summed E-state index contributed by atoms with van der Waals surface area (Å²) < 4.78 is 10.7. The number of rotatable bonds is 6. The summed E-state index contributed by atoms with van der Waals surface area (Å²) in [5, 5.41) is 12.2. The van der Waals surface area contributed by atoms with E-state index in [4.69, 9.17) is 25.9 Å². The van der Waals surface area contributed by atoms with Crippen LogP contribution in [0.15, 0.2) is 10.7 Å². The van der Waals surface area contributed by atoms with Gasteiger partial charge in [0.2, 0.25) is 0 Å². The maximum absolute atomic E-state index is 12.5. The molecule has 3 N–H and O–H groups in total. The van der Waals surface area contributed by atoms with Crippen molar-refractivity contribution in [3.63, 3.8) is 0 Å². The molecule has 2 atom stereocenters. The number of aryl methyl sites for hydroxylation is 1. The number of methoxy groups -OCH3 is 1. The van der Waals surface area contributed by atoms with Gasteiger partial charge in [0.1, 0.15) is 6.26 Å². The van der Waals surface area contributed by atoms with Gasteiger partial charge < -0.3 is 29.5 Å². The molecule has 11 heteroatoms. The van der Waals surface area contributed by atoms with Gasteiger partial charge in [0, 0.05) is 13.7 Å². The lowest BCUT2D eigenvalue weighted by Gasteiger charge is -2.37. The standard InChI is InChI=1S/C16H20ClN5O5/c1-3-8-12(17)21-13(18-8)14(23)19-9-4-5-22(6-11(9)26-2)16-20-10(7-27-16)15(24)25/h7,9,11H,3-6H2,1-2H3,(H,18,21)(H,19,23)(H,24,25)/t9-,11+/m0/s1. The van der Waals surface area contributed by atoms with Crippen LogP contribution in [0.3, 0.4) is 0 Å². The number of nitrogens with one attached hydrogen (secondary N) is 2.